The van der Waals surface area contributed by atoms with E-state index >= 15 is 0 Å². The van der Waals surface area contributed by atoms with Crippen LogP contribution in [-0.4, -0.2) is 69.5 Å². The summed E-state index contributed by atoms with van der Waals surface area (Å²) >= 11 is 1.67. The zero-order chi connectivity index (χ0) is 26.9. The van der Waals surface area contributed by atoms with Crippen LogP contribution in [0.5, 0.6) is 0 Å². The average molecular weight is 542 g/mol. The molecule has 1 aliphatic heterocycles. The van der Waals surface area contributed by atoms with Crippen molar-refractivity contribution in [1.29, 1.82) is 0 Å². The molecule has 5 rings (SSSR count). The normalized spacial score (nSPS) is 16.7. The Bertz CT molecular complexity index is 1420. The first-order chi connectivity index (χ1) is 18.2. The molecule has 1 fully saturated rings. The van der Waals surface area contributed by atoms with Crippen LogP contribution in [0.15, 0.2) is 66.0 Å². The van der Waals surface area contributed by atoms with Gasteiger partial charge in [-0.2, -0.15) is 13.2 Å². The molecule has 1 aliphatic rings. The minimum absolute atomic E-state index is 0.0723. The van der Waals surface area contributed by atoms with E-state index in [-0.39, 0.29) is 11.9 Å². The number of piperazine rings is 1. The number of benzene rings is 2. The van der Waals surface area contributed by atoms with Crippen molar-refractivity contribution in [1.82, 2.24) is 30.0 Å². The molecular weight excluding hydrogens is 515 g/mol. The van der Waals surface area contributed by atoms with E-state index in [9.17, 15) is 18.0 Å². The number of nitrogens with zero attached hydrogens (tertiary/aromatic N) is 6. The van der Waals surface area contributed by atoms with Crippen LogP contribution in [-0.2, 0) is 17.5 Å². The fraction of sp³-hybridized carbons (Fsp3) is 0.308. The van der Waals surface area contributed by atoms with Crippen LogP contribution < -0.4 is 10.2 Å². The molecule has 0 unspecified atom stereocenters. The SMILES string of the molecule is CSc1ccc(CNC(=O)[C@@H]2CN(c3ncnc4nn(-c5ccc(C(F)(F)F)cc5)cc34)CCN2C)cc1. The molecule has 0 saturated carbocycles. The summed E-state index contributed by atoms with van der Waals surface area (Å²) < 4.78 is 40.3. The highest BCUT2D eigenvalue weighted by Crippen LogP contribution is 2.30. The highest BCUT2D eigenvalue weighted by Gasteiger charge is 2.32. The highest BCUT2D eigenvalue weighted by atomic mass is 32.2. The third kappa shape index (κ3) is 5.46. The number of anilines is 1. The fourth-order valence-electron chi connectivity index (χ4n) is 4.41. The smallest absolute Gasteiger partial charge is 0.353 e. The summed E-state index contributed by atoms with van der Waals surface area (Å²) in [6, 6.07) is 12.5. The third-order valence-corrected chi connectivity index (χ3v) is 7.37. The number of likely N-dealkylation sites (N-methyl/N-ethyl adjacent to an activating group) is 1. The van der Waals surface area contributed by atoms with Gasteiger partial charge in [0.1, 0.15) is 18.2 Å². The van der Waals surface area contributed by atoms with Crippen LogP contribution in [0.25, 0.3) is 16.7 Å². The molecule has 1 saturated heterocycles. The molecule has 2 aromatic heterocycles. The Morgan fingerprint density at radius 3 is 2.50 bits per heavy atom. The minimum atomic E-state index is -4.41. The van der Waals surface area contributed by atoms with Gasteiger partial charge in [-0.05, 0) is 55.3 Å². The fourth-order valence-corrected chi connectivity index (χ4v) is 4.82. The summed E-state index contributed by atoms with van der Waals surface area (Å²) in [7, 11) is 1.92. The Kier molecular flexibility index (Phi) is 7.26. The van der Waals surface area contributed by atoms with E-state index in [4.69, 9.17) is 0 Å². The predicted octanol–water partition coefficient (Wildman–Crippen LogP) is 3.99. The lowest BCUT2D eigenvalue weighted by molar-refractivity contribution is -0.137. The molecule has 1 atom stereocenters. The molecule has 2 aromatic carbocycles. The molecule has 4 aromatic rings. The van der Waals surface area contributed by atoms with E-state index in [1.807, 2.05) is 47.4 Å². The summed E-state index contributed by atoms with van der Waals surface area (Å²) in [5.74, 6) is 0.559. The summed E-state index contributed by atoms with van der Waals surface area (Å²) in [4.78, 5) is 27.1. The Morgan fingerprint density at radius 1 is 1.08 bits per heavy atom. The number of fused-ring (bicyclic) bond motifs is 1. The Balaban J connectivity index is 1.33. The van der Waals surface area contributed by atoms with Crippen molar-refractivity contribution in [2.75, 3.05) is 37.8 Å². The summed E-state index contributed by atoms with van der Waals surface area (Å²) in [6.07, 6.45) is 0.730. The van der Waals surface area contributed by atoms with Gasteiger partial charge in [0.25, 0.3) is 0 Å². The maximum Gasteiger partial charge on any atom is 0.416 e. The van der Waals surface area contributed by atoms with Crippen molar-refractivity contribution in [3.63, 3.8) is 0 Å². The molecule has 3 heterocycles. The molecule has 0 spiro atoms. The van der Waals surface area contributed by atoms with Crippen LogP contribution in [0.1, 0.15) is 11.1 Å². The summed E-state index contributed by atoms with van der Waals surface area (Å²) in [5, 5.41) is 8.14. The van der Waals surface area contributed by atoms with Crippen LogP contribution in [0, 0.1) is 0 Å². The maximum absolute atomic E-state index is 13.1. The van der Waals surface area contributed by atoms with Gasteiger partial charge in [0.05, 0.1) is 16.6 Å². The van der Waals surface area contributed by atoms with Gasteiger partial charge in [0.15, 0.2) is 5.65 Å². The Hall–Kier alpha value is -3.64. The lowest BCUT2D eigenvalue weighted by Gasteiger charge is -2.39. The highest BCUT2D eigenvalue weighted by molar-refractivity contribution is 7.98. The second-order valence-corrected chi connectivity index (χ2v) is 9.94. The van der Waals surface area contributed by atoms with E-state index in [2.05, 4.69) is 20.4 Å². The number of halogens is 3. The lowest BCUT2D eigenvalue weighted by atomic mass is 10.1. The van der Waals surface area contributed by atoms with Crippen LogP contribution in [0.2, 0.25) is 0 Å². The van der Waals surface area contributed by atoms with Crippen LogP contribution >= 0.6 is 11.8 Å². The molecule has 1 N–H and O–H groups in total. The zero-order valence-corrected chi connectivity index (χ0v) is 21.6. The second kappa shape index (κ2) is 10.6. The molecule has 198 valence electrons. The van der Waals surface area contributed by atoms with Crippen LogP contribution in [0.3, 0.4) is 0 Å². The van der Waals surface area contributed by atoms with Gasteiger partial charge in [-0.25, -0.2) is 14.6 Å². The van der Waals surface area contributed by atoms with E-state index in [1.54, 1.807) is 18.0 Å². The van der Waals surface area contributed by atoms with Gasteiger partial charge >= 0.3 is 6.18 Å². The molecule has 0 bridgehead atoms. The molecule has 38 heavy (non-hydrogen) atoms. The Morgan fingerprint density at radius 2 is 1.82 bits per heavy atom. The predicted molar refractivity (Wildman–Crippen MR) is 140 cm³/mol. The number of carbonyl (C=O) groups excluding carboxylic acids is 1. The number of aromatic nitrogens is 4. The molecule has 0 radical (unpaired) electrons. The number of carbonyl (C=O) groups is 1. The zero-order valence-electron chi connectivity index (χ0n) is 20.8. The van der Waals surface area contributed by atoms with Crippen molar-refractivity contribution in [2.45, 2.75) is 23.7 Å². The van der Waals surface area contributed by atoms with E-state index in [0.717, 1.165) is 17.7 Å². The maximum atomic E-state index is 13.1. The standard InChI is InChI=1S/C26H26F3N7OS/c1-34-11-12-35(15-22(34)25(37)30-13-17-3-9-20(38-2)10-4-17)24-21-14-36(33-23(21)31-16-32-24)19-7-5-18(6-8-19)26(27,28)29/h3-10,14,16,22H,11-13,15H2,1-2H3,(H,30,37)/t22-/m0/s1. The van der Waals surface area contributed by atoms with Crippen molar-refractivity contribution in [2.24, 2.45) is 0 Å². The van der Waals surface area contributed by atoms with Crippen molar-refractivity contribution >= 4 is 34.5 Å². The van der Waals surface area contributed by atoms with Crippen molar-refractivity contribution < 1.29 is 18.0 Å². The summed E-state index contributed by atoms with van der Waals surface area (Å²) in [5.41, 5.74) is 1.20. The Labute approximate surface area is 221 Å². The molecule has 1 amide bonds. The number of nitrogens with one attached hydrogen (secondary N) is 1. The lowest BCUT2D eigenvalue weighted by Crippen LogP contribution is -2.57. The monoisotopic (exact) mass is 541 g/mol. The van der Waals surface area contributed by atoms with Gasteiger partial charge in [-0.1, -0.05) is 12.1 Å². The van der Waals surface area contributed by atoms with E-state index < -0.39 is 11.7 Å². The molecule has 12 heteroatoms. The first-order valence-electron chi connectivity index (χ1n) is 12.0. The number of alkyl halides is 3. The van der Waals surface area contributed by atoms with Gasteiger partial charge in [0, 0.05) is 37.3 Å². The molecule has 8 nitrogen and oxygen atoms in total. The second-order valence-electron chi connectivity index (χ2n) is 9.06. The third-order valence-electron chi connectivity index (χ3n) is 6.63. The van der Waals surface area contributed by atoms with Gasteiger partial charge in [-0.3, -0.25) is 9.69 Å². The van der Waals surface area contributed by atoms with Crippen molar-refractivity contribution in [3.05, 3.63) is 72.2 Å². The quantitative estimate of drug-likeness (QED) is 0.370. The van der Waals surface area contributed by atoms with Gasteiger partial charge < -0.3 is 10.2 Å². The largest absolute Gasteiger partial charge is 0.416 e. The minimum Gasteiger partial charge on any atom is -0.353 e. The van der Waals surface area contributed by atoms with Crippen LogP contribution in [0.4, 0.5) is 19.0 Å². The van der Waals surface area contributed by atoms with Crippen molar-refractivity contribution in [3.8, 4) is 5.69 Å². The van der Waals surface area contributed by atoms with E-state index in [1.165, 1.54) is 28.0 Å². The van der Waals surface area contributed by atoms with E-state index in [0.29, 0.717) is 48.7 Å². The first kappa shape index (κ1) is 26.0. The average Bonchev–Trinajstić information content (AvgIpc) is 3.37. The molecular formula is C26H26F3N7OS. The molecule has 0 aliphatic carbocycles. The first-order valence-corrected chi connectivity index (χ1v) is 13.2. The number of hydrogen-bond acceptors (Lipinski definition) is 7. The number of amides is 1. The summed E-state index contributed by atoms with van der Waals surface area (Å²) in [6.45, 7) is 2.16. The number of hydrogen-bond donors (Lipinski definition) is 1. The topological polar surface area (TPSA) is 79.2 Å². The van der Waals surface area contributed by atoms with Gasteiger partial charge in [-0.15, -0.1) is 16.9 Å². The number of rotatable bonds is 6. The number of thioether (sulfide) groups is 1. The van der Waals surface area contributed by atoms with Gasteiger partial charge in [0.2, 0.25) is 5.91 Å².